The average molecular weight is 435 g/mol. The van der Waals surface area contributed by atoms with Crippen molar-refractivity contribution in [3.63, 3.8) is 0 Å². The number of hydrogen-bond acceptors (Lipinski definition) is 8. The molecule has 29 heavy (non-hydrogen) atoms. The average Bonchev–Trinajstić information content (AvgIpc) is 2.89. The molecule has 164 valence electrons. The quantitative estimate of drug-likeness (QED) is 0.325. The summed E-state index contributed by atoms with van der Waals surface area (Å²) < 4.78 is 35.0. The highest BCUT2D eigenvalue weighted by Crippen LogP contribution is 2.30. The Labute approximate surface area is 168 Å². The molecule has 0 aliphatic carbocycles. The first-order chi connectivity index (χ1) is 13.6. The fourth-order valence-electron chi connectivity index (χ4n) is 3.77. The Morgan fingerprint density at radius 2 is 1.97 bits per heavy atom. The summed E-state index contributed by atoms with van der Waals surface area (Å²) in [5.41, 5.74) is 2.36. The van der Waals surface area contributed by atoms with Crippen LogP contribution >= 0.6 is 0 Å². The van der Waals surface area contributed by atoms with Gasteiger partial charge < -0.3 is 15.1 Å². The lowest BCUT2D eigenvalue weighted by Gasteiger charge is -2.32. The Morgan fingerprint density at radius 3 is 2.55 bits per heavy atom. The van der Waals surface area contributed by atoms with Crippen molar-refractivity contribution in [2.45, 2.75) is 49.9 Å². The van der Waals surface area contributed by atoms with E-state index in [0.717, 1.165) is 0 Å². The highest BCUT2D eigenvalue weighted by atomic mass is 32.3. The number of rotatable bonds is 6. The van der Waals surface area contributed by atoms with Crippen LogP contribution in [0.15, 0.2) is 0 Å². The summed E-state index contributed by atoms with van der Waals surface area (Å²) in [5.74, 6) is -0.551. The molecule has 0 aromatic heterocycles. The number of carbonyl (C=O) groups excluding carboxylic acids is 3. The first kappa shape index (κ1) is 21.7. The molecule has 3 heterocycles. The normalized spacial score (nSPS) is 29.7. The molecule has 4 amide bonds. The molecule has 13 nitrogen and oxygen atoms in total. The van der Waals surface area contributed by atoms with Crippen LogP contribution in [0.4, 0.5) is 4.79 Å². The van der Waals surface area contributed by atoms with Crippen molar-refractivity contribution < 1.29 is 36.5 Å². The summed E-state index contributed by atoms with van der Waals surface area (Å²) in [5, 5.41) is 3.66. The zero-order valence-electron chi connectivity index (χ0n) is 16.1. The summed E-state index contributed by atoms with van der Waals surface area (Å²) in [6.07, 6.45) is 1.43. The van der Waals surface area contributed by atoms with Crippen LogP contribution in [0.25, 0.3) is 0 Å². The lowest BCUT2D eigenvalue weighted by atomic mass is 10.0. The molecule has 3 N–H and O–H groups in total. The fourth-order valence-corrected chi connectivity index (χ4v) is 4.16. The summed E-state index contributed by atoms with van der Waals surface area (Å²) >= 11 is 0. The Balaban J connectivity index is 1.49. The molecule has 2 bridgehead atoms. The van der Waals surface area contributed by atoms with Crippen LogP contribution < -0.4 is 10.8 Å². The maximum absolute atomic E-state index is 12.5. The van der Waals surface area contributed by atoms with E-state index in [1.165, 1.54) is 9.80 Å². The molecule has 3 fully saturated rings. The topological polar surface area (TPSA) is 158 Å². The fraction of sp³-hybridized carbons (Fsp3) is 0.800. The smallest absolute Gasteiger partial charge is 0.347 e. The van der Waals surface area contributed by atoms with E-state index in [1.54, 1.807) is 14.1 Å². The number of nitrogens with zero attached hydrogens (tertiary/aromatic N) is 3. The molecule has 3 aliphatic heterocycles. The third-order valence-electron chi connectivity index (χ3n) is 5.23. The second kappa shape index (κ2) is 8.39. The van der Waals surface area contributed by atoms with Crippen LogP contribution in [0.1, 0.15) is 25.7 Å². The zero-order chi connectivity index (χ0) is 21.3. The van der Waals surface area contributed by atoms with Crippen LogP contribution in [0.5, 0.6) is 0 Å². The van der Waals surface area contributed by atoms with E-state index >= 15 is 0 Å². The van der Waals surface area contributed by atoms with Gasteiger partial charge in [0.1, 0.15) is 6.04 Å². The van der Waals surface area contributed by atoms with Crippen molar-refractivity contribution in [1.29, 1.82) is 0 Å². The minimum Gasteiger partial charge on any atom is -0.347 e. The van der Waals surface area contributed by atoms with E-state index in [1.807, 2.05) is 0 Å². The first-order valence-electron chi connectivity index (χ1n) is 9.23. The van der Waals surface area contributed by atoms with Gasteiger partial charge >= 0.3 is 16.4 Å². The van der Waals surface area contributed by atoms with E-state index in [4.69, 9.17) is 9.39 Å². The summed E-state index contributed by atoms with van der Waals surface area (Å²) in [7, 11) is -1.47. The Hall–Kier alpha value is -2.00. The number of nitrogens with one attached hydrogen (secondary N) is 2. The Bertz CT molecular complexity index is 767. The van der Waals surface area contributed by atoms with Crippen molar-refractivity contribution in [3.8, 4) is 0 Å². The third kappa shape index (κ3) is 4.95. The van der Waals surface area contributed by atoms with Gasteiger partial charge in [-0.2, -0.15) is 13.5 Å². The molecule has 0 saturated carbocycles. The lowest BCUT2D eigenvalue weighted by Crippen LogP contribution is -2.53. The zero-order valence-corrected chi connectivity index (χ0v) is 16.9. The lowest BCUT2D eigenvalue weighted by molar-refractivity contribution is -0.146. The number of piperidine rings is 2. The van der Waals surface area contributed by atoms with Crippen LogP contribution in [0.2, 0.25) is 0 Å². The predicted molar refractivity (Wildman–Crippen MR) is 96.1 cm³/mol. The third-order valence-corrected chi connectivity index (χ3v) is 5.58. The maximum Gasteiger partial charge on any atom is 0.418 e. The number of urea groups is 1. The first-order valence-corrected chi connectivity index (χ1v) is 10.6. The Kier molecular flexibility index (Phi) is 6.28. The van der Waals surface area contributed by atoms with Gasteiger partial charge in [-0.05, 0) is 25.7 Å². The van der Waals surface area contributed by atoms with Crippen molar-refractivity contribution >= 4 is 28.2 Å². The number of amides is 4. The van der Waals surface area contributed by atoms with Gasteiger partial charge in [-0.25, -0.2) is 10.3 Å². The number of carbonyl (C=O) groups is 3. The SMILES string of the molecule is CN(C)C(=O)C1CCC(ONC(=O)C2CCC3CN2C(=O)N3OS(=O)(=O)O)CN1. The summed E-state index contributed by atoms with van der Waals surface area (Å²) in [6.45, 7) is 0.488. The monoisotopic (exact) mass is 435 g/mol. The maximum atomic E-state index is 12.5. The molecule has 3 rings (SSSR count). The van der Waals surface area contributed by atoms with Gasteiger partial charge in [0.2, 0.25) is 5.91 Å². The molecule has 0 aromatic rings. The molecule has 14 heteroatoms. The van der Waals surface area contributed by atoms with Crippen molar-refractivity contribution in [2.75, 3.05) is 27.2 Å². The summed E-state index contributed by atoms with van der Waals surface area (Å²) in [4.78, 5) is 44.9. The molecule has 3 saturated heterocycles. The second-order valence-electron chi connectivity index (χ2n) is 7.49. The minimum atomic E-state index is -4.84. The van der Waals surface area contributed by atoms with E-state index in [2.05, 4.69) is 15.1 Å². The van der Waals surface area contributed by atoms with Crippen LogP contribution in [0.3, 0.4) is 0 Å². The van der Waals surface area contributed by atoms with E-state index in [9.17, 15) is 22.8 Å². The van der Waals surface area contributed by atoms with Crippen LogP contribution in [-0.2, 0) is 29.1 Å². The van der Waals surface area contributed by atoms with Gasteiger partial charge in [0, 0.05) is 27.2 Å². The molecule has 3 aliphatic rings. The van der Waals surface area contributed by atoms with E-state index in [-0.39, 0.29) is 24.6 Å². The Morgan fingerprint density at radius 1 is 1.24 bits per heavy atom. The van der Waals surface area contributed by atoms with Gasteiger partial charge in [0.15, 0.2) is 0 Å². The highest BCUT2D eigenvalue weighted by Gasteiger charge is 2.49. The molecule has 4 unspecified atom stereocenters. The van der Waals surface area contributed by atoms with Crippen molar-refractivity contribution in [1.82, 2.24) is 25.7 Å². The number of hydroxylamine groups is 3. The molecular weight excluding hydrogens is 410 g/mol. The molecule has 0 spiro atoms. The van der Waals surface area contributed by atoms with Gasteiger partial charge in [-0.1, -0.05) is 0 Å². The van der Waals surface area contributed by atoms with Gasteiger partial charge in [0.25, 0.3) is 5.91 Å². The minimum absolute atomic E-state index is 0.0199. The van der Waals surface area contributed by atoms with Crippen molar-refractivity contribution in [3.05, 3.63) is 0 Å². The molecule has 4 atom stereocenters. The molecule has 0 aromatic carbocycles. The second-order valence-corrected chi connectivity index (χ2v) is 8.49. The number of hydrogen-bond donors (Lipinski definition) is 3. The highest BCUT2D eigenvalue weighted by molar-refractivity contribution is 7.80. The van der Waals surface area contributed by atoms with Crippen LogP contribution in [-0.4, -0.2) is 97.1 Å². The number of likely N-dealkylation sites (N-methyl/N-ethyl adjacent to an activating group) is 1. The van der Waals surface area contributed by atoms with Crippen LogP contribution in [0, 0.1) is 0 Å². The van der Waals surface area contributed by atoms with E-state index in [0.29, 0.717) is 37.3 Å². The van der Waals surface area contributed by atoms with E-state index < -0.39 is 34.4 Å². The van der Waals surface area contributed by atoms with Gasteiger partial charge in [-0.15, -0.1) is 4.28 Å². The largest absolute Gasteiger partial charge is 0.418 e. The number of fused-ring (bicyclic) bond motifs is 2. The van der Waals surface area contributed by atoms with Crippen molar-refractivity contribution in [2.24, 2.45) is 0 Å². The van der Waals surface area contributed by atoms with Gasteiger partial charge in [0.05, 0.1) is 18.2 Å². The molecular formula is C15H25N5O8S. The van der Waals surface area contributed by atoms with Gasteiger partial charge in [-0.3, -0.25) is 19.0 Å². The summed E-state index contributed by atoms with van der Waals surface area (Å²) in [6, 6.07) is -2.50. The molecule has 0 radical (unpaired) electrons. The standard InChI is InChI=1S/C15H25N5O8S/c1-18(2)14(22)11-5-4-10(7-16-11)27-17-13(21)12-6-3-9-8-19(12)15(23)20(9)28-29(24,25)26/h9-12,16H,3-8H2,1-2H3,(H,17,21)(H,24,25,26). The predicted octanol–water partition coefficient (Wildman–Crippen LogP) is -1.75.